The zero-order chi connectivity index (χ0) is 8.27. The number of rotatable bonds is 2. The van der Waals surface area contributed by atoms with Crippen LogP contribution < -0.4 is 0 Å². The molecule has 0 unspecified atom stereocenters. The lowest BCUT2D eigenvalue weighted by Crippen LogP contribution is -2.00. The minimum absolute atomic E-state index is 0.867. The zero-order valence-electron chi connectivity index (χ0n) is 7.31. The van der Waals surface area contributed by atoms with Crippen molar-refractivity contribution in [1.82, 2.24) is 0 Å². The number of hydrogen-bond acceptors (Lipinski definition) is 2. The molecule has 2 heteroatoms. The smallest absolute Gasteiger partial charge is 0.0988 e. The maximum Gasteiger partial charge on any atom is 0.0988 e. The second-order valence-electron chi connectivity index (χ2n) is 2.66. The highest BCUT2D eigenvalue weighted by Gasteiger charge is 2.10. The van der Waals surface area contributed by atoms with E-state index in [2.05, 4.69) is 13.0 Å². The summed E-state index contributed by atoms with van der Waals surface area (Å²) in [5.41, 5.74) is 1.27. The average Bonchev–Trinajstić information content (AvgIpc) is 2.04. The fourth-order valence-electron chi connectivity index (χ4n) is 1.23. The van der Waals surface area contributed by atoms with Crippen molar-refractivity contribution < 1.29 is 9.47 Å². The van der Waals surface area contributed by atoms with Crippen LogP contribution in [0.25, 0.3) is 0 Å². The Hall–Kier alpha value is -0.920. The van der Waals surface area contributed by atoms with Crippen LogP contribution >= 0.6 is 0 Å². The number of ether oxygens (including phenoxy) is 2. The predicted molar refractivity (Wildman–Crippen MR) is 44.0 cm³/mol. The van der Waals surface area contributed by atoms with Crippen LogP contribution in [0, 0.1) is 0 Å². The van der Waals surface area contributed by atoms with Crippen molar-refractivity contribution in [2.75, 3.05) is 14.2 Å². The van der Waals surface area contributed by atoms with Crippen molar-refractivity contribution in [2.45, 2.75) is 19.8 Å². The van der Waals surface area contributed by atoms with E-state index in [9.17, 15) is 0 Å². The van der Waals surface area contributed by atoms with Crippen LogP contribution in [-0.4, -0.2) is 14.2 Å². The van der Waals surface area contributed by atoms with Crippen LogP contribution in [0.5, 0.6) is 0 Å². The summed E-state index contributed by atoms with van der Waals surface area (Å²) in [4.78, 5) is 0. The van der Waals surface area contributed by atoms with Crippen molar-refractivity contribution in [3.63, 3.8) is 0 Å². The first kappa shape index (κ1) is 8.18. The Morgan fingerprint density at radius 3 is 2.45 bits per heavy atom. The van der Waals surface area contributed by atoms with Gasteiger partial charge >= 0.3 is 0 Å². The highest BCUT2D eigenvalue weighted by Crippen LogP contribution is 2.24. The molecule has 0 aliphatic heterocycles. The lowest BCUT2D eigenvalue weighted by Gasteiger charge is -2.16. The fraction of sp³-hybridized carbons (Fsp3) is 0.556. The third kappa shape index (κ3) is 1.76. The van der Waals surface area contributed by atoms with Crippen molar-refractivity contribution in [3.05, 3.63) is 23.2 Å². The van der Waals surface area contributed by atoms with E-state index in [0.29, 0.717) is 0 Å². The van der Waals surface area contributed by atoms with Gasteiger partial charge in [0, 0.05) is 12.8 Å². The van der Waals surface area contributed by atoms with Crippen LogP contribution in [0.4, 0.5) is 0 Å². The second-order valence-corrected chi connectivity index (χ2v) is 2.66. The molecule has 0 N–H and O–H groups in total. The third-order valence-electron chi connectivity index (χ3n) is 1.94. The summed E-state index contributed by atoms with van der Waals surface area (Å²) in [5, 5.41) is 0. The molecule has 1 rings (SSSR count). The average molecular weight is 154 g/mol. The van der Waals surface area contributed by atoms with E-state index >= 15 is 0 Å². The van der Waals surface area contributed by atoms with Gasteiger partial charge in [-0.1, -0.05) is 0 Å². The van der Waals surface area contributed by atoms with Gasteiger partial charge in [0.15, 0.2) is 0 Å². The van der Waals surface area contributed by atoms with Gasteiger partial charge in [0.2, 0.25) is 0 Å². The molecule has 0 aromatic rings. The van der Waals surface area contributed by atoms with E-state index in [1.54, 1.807) is 14.2 Å². The quantitative estimate of drug-likeness (QED) is 0.607. The van der Waals surface area contributed by atoms with Crippen LogP contribution in [0.3, 0.4) is 0 Å². The Kier molecular flexibility index (Phi) is 2.58. The lowest BCUT2D eigenvalue weighted by atomic mass is 10.0. The molecule has 1 aliphatic carbocycles. The van der Waals surface area contributed by atoms with Gasteiger partial charge in [-0.2, -0.15) is 0 Å². The summed E-state index contributed by atoms with van der Waals surface area (Å²) in [7, 11) is 3.42. The Morgan fingerprint density at radius 2 is 2.00 bits per heavy atom. The standard InChI is InChI=1S/C9H14O2/c1-7-6-8(10-2)4-5-9(7)11-3/h4H,5-6H2,1-3H3. The van der Waals surface area contributed by atoms with Gasteiger partial charge < -0.3 is 9.47 Å². The fourth-order valence-corrected chi connectivity index (χ4v) is 1.23. The van der Waals surface area contributed by atoms with Gasteiger partial charge in [0.1, 0.15) is 0 Å². The maximum absolute atomic E-state index is 5.18. The van der Waals surface area contributed by atoms with Gasteiger partial charge in [-0.25, -0.2) is 0 Å². The van der Waals surface area contributed by atoms with Gasteiger partial charge in [-0.3, -0.25) is 0 Å². The molecular weight excluding hydrogens is 140 g/mol. The molecule has 0 radical (unpaired) electrons. The number of hydrogen-bond donors (Lipinski definition) is 0. The van der Waals surface area contributed by atoms with E-state index in [0.717, 1.165) is 24.4 Å². The third-order valence-corrected chi connectivity index (χ3v) is 1.94. The Morgan fingerprint density at radius 1 is 1.27 bits per heavy atom. The van der Waals surface area contributed by atoms with E-state index in [4.69, 9.17) is 9.47 Å². The van der Waals surface area contributed by atoms with Gasteiger partial charge in [0.05, 0.1) is 25.7 Å². The highest BCUT2D eigenvalue weighted by atomic mass is 16.5. The summed E-state index contributed by atoms with van der Waals surface area (Å²) in [6.07, 6.45) is 3.82. The predicted octanol–water partition coefficient (Wildman–Crippen LogP) is 2.23. The lowest BCUT2D eigenvalue weighted by molar-refractivity contribution is 0.252. The normalized spacial score (nSPS) is 17.9. The minimum atomic E-state index is 0.867. The topological polar surface area (TPSA) is 18.5 Å². The first-order valence-electron chi connectivity index (χ1n) is 3.73. The molecule has 0 saturated heterocycles. The van der Waals surface area contributed by atoms with Crippen LogP contribution in [-0.2, 0) is 9.47 Å². The molecular formula is C9H14O2. The largest absolute Gasteiger partial charge is 0.501 e. The van der Waals surface area contributed by atoms with Crippen molar-refractivity contribution in [2.24, 2.45) is 0 Å². The number of methoxy groups -OCH3 is 2. The minimum Gasteiger partial charge on any atom is -0.501 e. The first-order valence-corrected chi connectivity index (χ1v) is 3.73. The Balaban J connectivity index is 2.63. The summed E-state index contributed by atoms with van der Waals surface area (Å²) >= 11 is 0. The molecule has 0 spiro atoms. The zero-order valence-corrected chi connectivity index (χ0v) is 7.31. The SMILES string of the molecule is COC1=CCC(OC)=C(C)C1. The molecule has 0 heterocycles. The van der Waals surface area contributed by atoms with Crippen LogP contribution in [0.2, 0.25) is 0 Å². The Bertz CT molecular complexity index is 202. The molecule has 11 heavy (non-hydrogen) atoms. The van der Waals surface area contributed by atoms with Crippen molar-refractivity contribution in [1.29, 1.82) is 0 Å². The molecule has 2 nitrogen and oxygen atoms in total. The van der Waals surface area contributed by atoms with Crippen LogP contribution in [0.15, 0.2) is 23.2 Å². The van der Waals surface area contributed by atoms with Crippen LogP contribution in [0.1, 0.15) is 19.8 Å². The second kappa shape index (κ2) is 3.46. The van der Waals surface area contributed by atoms with Crippen molar-refractivity contribution in [3.8, 4) is 0 Å². The van der Waals surface area contributed by atoms with Crippen molar-refractivity contribution >= 4 is 0 Å². The maximum atomic E-state index is 5.18. The summed E-state index contributed by atoms with van der Waals surface area (Å²) in [6, 6.07) is 0. The summed E-state index contributed by atoms with van der Waals surface area (Å²) in [5.74, 6) is 2.12. The van der Waals surface area contributed by atoms with E-state index < -0.39 is 0 Å². The molecule has 0 amide bonds. The summed E-state index contributed by atoms with van der Waals surface area (Å²) in [6.45, 7) is 2.07. The molecule has 0 fully saturated rings. The van der Waals surface area contributed by atoms with Gasteiger partial charge in [0.25, 0.3) is 0 Å². The molecule has 0 bridgehead atoms. The summed E-state index contributed by atoms with van der Waals surface area (Å²) < 4.78 is 10.3. The van der Waals surface area contributed by atoms with Gasteiger partial charge in [-0.05, 0) is 18.6 Å². The van der Waals surface area contributed by atoms with E-state index in [1.165, 1.54) is 5.57 Å². The molecule has 0 atom stereocenters. The number of allylic oxidation sites excluding steroid dienone is 2. The molecule has 0 saturated carbocycles. The molecule has 0 aromatic carbocycles. The van der Waals surface area contributed by atoms with E-state index in [1.807, 2.05) is 0 Å². The van der Waals surface area contributed by atoms with E-state index in [-0.39, 0.29) is 0 Å². The Labute approximate surface area is 67.5 Å². The first-order chi connectivity index (χ1) is 5.27. The van der Waals surface area contributed by atoms with Gasteiger partial charge in [-0.15, -0.1) is 0 Å². The monoisotopic (exact) mass is 154 g/mol. The molecule has 62 valence electrons. The molecule has 0 aromatic heterocycles. The highest BCUT2D eigenvalue weighted by molar-refractivity contribution is 5.21. The molecule has 1 aliphatic rings.